The van der Waals surface area contributed by atoms with Gasteiger partial charge in [0, 0.05) is 11.6 Å². The molecule has 0 bridgehead atoms. The molecule has 1 saturated carbocycles. The Morgan fingerprint density at radius 2 is 2.23 bits per heavy atom. The molecule has 1 aromatic heterocycles. The summed E-state index contributed by atoms with van der Waals surface area (Å²) in [5.74, 6) is 1.02. The van der Waals surface area contributed by atoms with Gasteiger partial charge in [-0.3, -0.25) is 0 Å². The molecule has 0 amide bonds. The third kappa shape index (κ3) is 1.41. The van der Waals surface area contributed by atoms with Crippen molar-refractivity contribution in [3.8, 4) is 5.88 Å². The van der Waals surface area contributed by atoms with Crippen LogP contribution in [0.25, 0.3) is 0 Å². The lowest BCUT2D eigenvalue weighted by Crippen LogP contribution is -2.23. The van der Waals surface area contributed by atoms with Gasteiger partial charge in [0.1, 0.15) is 14.2 Å². The predicted octanol–water partition coefficient (Wildman–Crippen LogP) is 0.546. The van der Waals surface area contributed by atoms with E-state index >= 15 is 0 Å². The van der Waals surface area contributed by atoms with Gasteiger partial charge in [0.25, 0.3) is 0 Å². The van der Waals surface area contributed by atoms with Crippen molar-refractivity contribution in [2.45, 2.75) is 25.2 Å². The molecular weight excluding hydrogens is 163 g/mol. The molecule has 0 N–H and O–H groups in total. The molecule has 0 unspecified atom stereocenters. The zero-order chi connectivity index (χ0) is 9.26. The van der Waals surface area contributed by atoms with Gasteiger partial charge in [-0.2, -0.15) is 0 Å². The molecular formula is C9H11BN2O. The molecule has 0 spiro atoms. The summed E-state index contributed by atoms with van der Waals surface area (Å²) in [6, 6.07) is 0. The van der Waals surface area contributed by atoms with E-state index in [1.807, 2.05) is 0 Å². The molecule has 0 aromatic carbocycles. The van der Waals surface area contributed by atoms with Crippen LogP contribution in [0, 0.1) is 0 Å². The van der Waals surface area contributed by atoms with Crippen molar-refractivity contribution in [1.29, 1.82) is 0 Å². The highest BCUT2D eigenvalue weighted by Crippen LogP contribution is 2.34. The minimum Gasteiger partial charge on any atom is -0.481 e. The second-order valence-electron chi connectivity index (χ2n) is 3.31. The van der Waals surface area contributed by atoms with Crippen LogP contribution in [0.1, 0.15) is 30.9 Å². The van der Waals surface area contributed by atoms with Gasteiger partial charge in [0.2, 0.25) is 5.88 Å². The van der Waals surface area contributed by atoms with Gasteiger partial charge in [0.05, 0.1) is 7.11 Å². The highest BCUT2D eigenvalue weighted by Gasteiger charge is 2.23. The van der Waals surface area contributed by atoms with Crippen molar-refractivity contribution in [2.75, 3.05) is 7.11 Å². The maximum absolute atomic E-state index is 5.85. The first kappa shape index (κ1) is 8.54. The van der Waals surface area contributed by atoms with Crippen molar-refractivity contribution in [1.82, 2.24) is 9.97 Å². The summed E-state index contributed by atoms with van der Waals surface area (Å²) in [4.78, 5) is 8.13. The summed E-state index contributed by atoms with van der Waals surface area (Å²) in [5, 5.41) is 0. The van der Waals surface area contributed by atoms with Crippen molar-refractivity contribution in [2.24, 2.45) is 0 Å². The molecule has 0 atom stereocenters. The van der Waals surface area contributed by atoms with E-state index in [-0.39, 0.29) is 0 Å². The first-order valence-corrected chi connectivity index (χ1v) is 4.47. The molecule has 2 radical (unpaired) electrons. The summed E-state index contributed by atoms with van der Waals surface area (Å²) < 4.78 is 5.03. The Balaban J connectivity index is 2.33. The lowest BCUT2D eigenvalue weighted by atomic mass is 9.77. The molecule has 0 aliphatic heterocycles. The van der Waals surface area contributed by atoms with Crippen LogP contribution in [0.15, 0.2) is 6.33 Å². The number of rotatable bonds is 2. The first-order valence-electron chi connectivity index (χ1n) is 4.47. The van der Waals surface area contributed by atoms with Crippen LogP contribution < -0.4 is 10.2 Å². The Hall–Kier alpha value is -1.06. The maximum atomic E-state index is 5.85. The standard InChI is InChI=1S/C9H11BN2O/c1-13-9-7(10)8(11-5-12-9)6-3-2-4-6/h5-6H,2-4H2,1H3. The fourth-order valence-corrected chi connectivity index (χ4v) is 1.56. The number of nitrogens with zero attached hydrogens (tertiary/aromatic N) is 2. The Morgan fingerprint density at radius 3 is 2.77 bits per heavy atom. The van der Waals surface area contributed by atoms with Crippen molar-refractivity contribution in [3.05, 3.63) is 12.0 Å². The van der Waals surface area contributed by atoms with E-state index in [1.54, 1.807) is 7.11 Å². The van der Waals surface area contributed by atoms with Gasteiger partial charge < -0.3 is 4.74 Å². The van der Waals surface area contributed by atoms with Crippen LogP contribution in [0.4, 0.5) is 0 Å². The number of hydrogen-bond acceptors (Lipinski definition) is 3. The number of ether oxygens (including phenoxy) is 1. The van der Waals surface area contributed by atoms with Crippen LogP contribution in [0.3, 0.4) is 0 Å². The highest BCUT2D eigenvalue weighted by atomic mass is 16.5. The van der Waals surface area contributed by atoms with Crippen LogP contribution >= 0.6 is 0 Å². The summed E-state index contributed by atoms with van der Waals surface area (Å²) in [7, 11) is 7.43. The number of aromatic nitrogens is 2. The molecule has 1 aromatic rings. The average Bonchev–Trinajstić information content (AvgIpc) is 2.05. The van der Waals surface area contributed by atoms with Gasteiger partial charge in [-0.1, -0.05) is 6.42 Å². The lowest BCUT2D eigenvalue weighted by Gasteiger charge is -2.26. The molecule has 1 fully saturated rings. The largest absolute Gasteiger partial charge is 0.481 e. The number of methoxy groups -OCH3 is 1. The number of hydrogen-bond donors (Lipinski definition) is 0. The van der Waals surface area contributed by atoms with E-state index in [0.717, 1.165) is 5.69 Å². The normalized spacial score (nSPS) is 16.7. The van der Waals surface area contributed by atoms with E-state index in [1.165, 1.54) is 25.6 Å². The molecule has 1 heterocycles. The highest BCUT2D eigenvalue weighted by molar-refractivity contribution is 6.34. The Labute approximate surface area is 79.0 Å². The third-order valence-electron chi connectivity index (χ3n) is 2.56. The Bertz CT molecular complexity index is 312. The predicted molar refractivity (Wildman–Crippen MR) is 50.6 cm³/mol. The monoisotopic (exact) mass is 174 g/mol. The van der Waals surface area contributed by atoms with Gasteiger partial charge in [-0.05, 0) is 18.3 Å². The zero-order valence-corrected chi connectivity index (χ0v) is 7.66. The van der Waals surface area contributed by atoms with Crippen molar-refractivity contribution < 1.29 is 4.74 Å². The Morgan fingerprint density at radius 1 is 1.46 bits per heavy atom. The summed E-state index contributed by atoms with van der Waals surface area (Å²) >= 11 is 0. The summed E-state index contributed by atoms with van der Waals surface area (Å²) in [6.45, 7) is 0. The fourth-order valence-electron chi connectivity index (χ4n) is 1.56. The second kappa shape index (κ2) is 3.36. The van der Waals surface area contributed by atoms with E-state index in [9.17, 15) is 0 Å². The van der Waals surface area contributed by atoms with E-state index in [4.69, 9.17) is 12.6 Å². The van der Waals surface area contributed by atoms with Gasteiger partial charge in [0.15, 0.2) is 0 Å². The Kier molecular flexibility index (Phi) is 2.21. The topological polar surface area (TPSA) is 35.0 Å². The minimum absolute atomic E-state index is 0.497. The second-order valence-corrected chi connectivity index (χ2v) is 3.31. The van der Waals surface area contributed by atoms with Crippen molar-refractivity contribution >= 4 is 13.3 Å². The molecule has 4 heteroatoms. The lowest BCUT2D eigenvalue weighted by molar-refractivity contribution is 0.389. The SMILES string of the molecule is [B]c1c(OC)ncnc1C1CCC1. The van der Waals surface area contributed by atoms with E-state index < -0.39 is 0 Å². The molecule has 1 aliphatic rings. The molecule has 2 rings (SSSR count). The fraction of sp³-hybridized carbons (Fsp3) is 0.556. The van der Waals surface area contributed by atoms with Gasteiger partial charge >= 0.3 is 0 Å². The molecule has 1 aliphatic carbocycles. The zero-order valence-electron chi connectivity index (χ0n) is 7.66. The van der Waals surface area contributed by atoms with Crippen molar-refractivity contribution in [3.63, 3.8) is 0 Å². The van der Waals surface area contributed by atoms with E-state index in [0.29, 0.717) is 17.3 Å². The van der Waals surface area contributed by atoms with Crippen LogP contribution in [-0.2, 0) is 0 Å². The van der Waals surface area contributed by atoms with Crippen LogP contribution in [-0.4, -0.2) is 24.9 Å². The quantitative estimate of drug-likeness (QED) is 0.614. The summed E-state index contributed by atoms with van der Waals surface area (Å²) in [5.41, 5.74) is 1.56. The minimum atomic E-state index is 0.497. The molecule has 0 saturated heterocycles. The molecule has 3 nitrogen and oxygen atoms in total. The molecule has 13 heavy (non-hydrogen) atoms. The maximum Gasteiger partial charge on any atom is 0.208 e. The third-order valence-corrected chi connectivity index (χ3v) is 2.56. The van der Waals surface area contributed by atoms with Crippen LogP contribution in [0.5, 0.6) is 5.88 Å². The van der Waals surface area contributed by atoms with E-state index in [2.05, 4.69) is 9.97 Å². The van der Waals surface area contributed by atoms with Crippen LogP contribution in [0.2, 0.25) is 0 Å². The first-order chi connectivity index (χ1) is 6.33. The van der Waals surface area contributed by atoms with Gasteiger partial charge in [-0.25, -0.2) is 9.97 Å². The summed E-state index contributed by atoms with van der Waals surface area (Å²) in [6.07, 6.45) is 5.16. The van der Waals surface area contributed by atoms with Gasteiger partial charge in [-0.15, -0.1) is 0 Å². The average molecular weight is 174 g/mol. The molecule has 66 valence electrons. The smallest absolute Gasteiger partial charge is 0.208 e.